The Labute approximate surface area is 127 Å². The molecule has 102 valence electrons. The van der Waals surface area contributed by atoms with Gasteiger partial charge in [0.05, 0.1) is 6.61 Å². The lowest BCUT2D eigenvalue weighted by atomic mass is 10.0. The van der Waals surface area contributed by atoms with Crippen LogP contribution in [-0.2, 0) is 5.33 Å². The second kappa shape index (κ2) is 7.81. The van der Waals surface area contributed by atoms with Crippen LogP contribution >= 0.6 is 27.7 Å². The van der Waals surface area contributed by atoms with Crippen molar-refractivity contribution in [2.75, 3.05) is 18.1 Å². The Bertz CT molecular complexity index is 527. The molecule has 0 saturated heterocycles. The molecule has 0 amide bonds. The number of thioether (sulfide) groups is 1. The van der Waals surface area contributed by atoms with Gasteiger partial charge in [0.2, 0.25) is 0 Å². The Morgan fingerprint density at radius 1 is 1.16 bits per heavy atom. The van der Waals surface area contributed by atoms with Gasteiger partial charge in [-0.15, -0.1) is 0 Å². The third-order valence-electron chi connectivity index (χ3n) is 3.03. The first-order chi connectivity index (χ1) is 9.36. The maximum absolute atomic E-state index is 5.94. The van der Waals surface area contributed by atoms with E-state index in [4.69, 9.17) is 4.74 Å². The van der Waals surface area contributed by atoms with Crippen molar-refractivity contribution in [2.24, 2.45) is 0 Å². The highest BCUT2D eigenvalue weighted by Gasteiger charge is 2.07. The first-order valence-corrected chi connectivity index (χ1v) is 8.91. The molecule has 3 heteroatoms. The van der Waals surface area contributed by atoms with E-state index in [1.54, 1.807) is 0 Å². The van der Waals surface area contributed by atoms with E-state index in [9.17, 15) is 0 Å². The summed E-state index contributed by atoms with van der Waals surface area (Å²) in [6.45, 7) is 2.99. The molecule has 0 aliphatic carbocycles. The summed E-state index contributed by atoms with van der Waals surface area (Å²) < 4.78 is 5.94. The third kappa shape index (κ3) is 3.90. The molecule has 0 aliphatic rings. The van der Waals surface area contributed by atoms with Crippen LogP contribution in [0.1, 0.15) is 18.9 Å². The summed E-state index contributed by atoms with van der Waals surface area (Å²) in [7, 11) is 0. The van der Waals surface area contributed by atoms with Gasteiger partial charge in [-0.1, -0.05) is 53.2 Å². The van der Waals surface area contributed by atoms with Crippen molar-refractivity contribution < 1.29 is 4.74 Å². The zero-order valence-electron chi connectivity index (χ0n) is 11.2. The molecule has 1 nitrogen and oxygen atoms in total. The van der Waals surface area contributed by atoms with E-state index < -0.39 is 0 Å². The minimum absolute atomic E-state index is 0.797. The summed E-state index contributed by atoms with van der Waals surface area (Å²) in [6, 6.07) is 12.7. The first-order valence-electron chi connectivity index (χ1n) is 6.64. The molecule has 2 aromatic rings. The third-order valence-corrected chi connectivity index (χ3v) is 4.57. The Hall–Kier alpha value is -0.670. The smallest absolute Gasteiger partial charge is 0.123 e. The molecular formula is C16H19BrOS. The van der Waals surface area contributed by atoms with Gasteiger partial charge in [-0.25, -0.2) is 0 Å². The molecule has 0 atom stereocenters. The van der Waals surface area contributed by atoms with E-state index >= 15 is 0 Å². The fourth-order valence-corrected chi connectivity index (χ4v) is 3.27. The Morgan fingerprint density at radius 2 is 2.00 bits per heavy atom. The number of benzene rings is 2. The quantitative estimate of drug-likeness (QED) is 0.503. The number of rotatable bonds is 7. The van der Waals surface area contributed by atoms with E-state index in [-0.39, 0.29) is 0 Å². The molecular weight excluding hydrogens is 320 g/mol. The van der Waals surface area contributed by atoms with Gasteiger partial charge in [-0.05, 0) is 34.8 Å². The average Bonchev–Trinajstić information content (AvgIpc) is 2.46. The zero-order chi connectivity index (χ0) is 13.5. The van der Waals surface area contributed by atoms with E-state index in [0.29, 0.717) is 0 Å². The summed E-state index contributed by atoms with van der Waals surface area (Å²) in [6.07, 6.45) is 1.10. The van der Waals surface area contributed by atoms with Crippen LogP contribution in [0.3, 0.4) is 0 Å². The van der Waals surface area contributed by atoms with Gasteiger partial charge in [0.1, 0.15) is 5.75 Å². The molecule has 0 spiro atoms. The molecule has 0 aliphatic heterocycles. The van der Waals surface area contributed by atoms with Gasteiger partial charge in [-0.3, -0.25) is 0 Å². The second-order valence-electron chi connectivity index (χ2n) is 4.30. The fraction of sp³-hybridized carbons (Fsp3) is 0.375. The standard InChI is InChI=1S/C16H19BrOS/c1-2-19-11-5-10-18-16-9-8-13-6-3-4-7-14(13)15(16)12-17/h3-4,6-9H,2,5,10-12H2,1H3. The van der Waals surface area contributed by atoms with Crippen LogP contribution < -0.4 is 4.74 Å². The lowest BCUT2D eigenvalue weighted by molar-refractivity contribution is 0.317. The predicted molar refractivity (Wildman–Crippen MR) is 89.7 cm³/mol. The summed E-state index contributed by atoms with van der Waals surface area (Å²) in [5, 5.41) is 3.37. The van der Waals surface area contributed by atoms with Gasteiger partial charge >= 0.3 is 0 Å². The highest BCUT2D eigenvalue weighted by molar-refractivity contribution is 9.08. The van der Waals surface area contributed by atoms with Gasteiger partial charge in [0.15, 0.2) is 0 Å². The summed E-state index contributed by atoms with van der Waals surface area (Å²) in [5.41, 5.74) is 1.25. The highest BCUT2D eigenvalue weighted by Crippen LogP contribution is 2.30. The number of hydrogen-bond donors (Lipinski definition) is 0. The topological polar surface area (TPSA) is 9.23 Å². The lowest BCUT2D eigenvalue weighted by Gasteiger charge is -2.12. The Kier molecular flexibility index (Phi) is 6.05. The SMILES string of the molecule is CCSCCCOc1ccc2ccccc2c1CBr. The molecule has 19 heavy (non-hydrogen) atoms. The summed E-state index contributed by atoms with van der Waals surface area (Å²) in [4.78, 5) is 0. The number of alkyl halides is 1. The van der Waals surface area contributed by atoms with Crippen LogP contribution in [-0.4, -0.2) is 18.1 Å². The van der Waals surface area contributed by atoms with Crippen LogP contribution in [0, 0.1) is 0 Å². The summed E-state index contributed by atoms with van der Waals surface area (Å²) in [5.74, 6) is 3.37. The van der Waals surface area contributed by atoms with Crippen molar-refractivity contribution in [1.82, 2.24) is 0 Å². The molecule has 0 aromatic heterocycles. The van der Waals surface area contributed by atoms with Crippen molar-refractivity contribution in [2.45, 2.75) is 18.7 Å². The van der Waals surface area contributed by atoms with Crippen molar-refractivity contribution in [1.29, 1.82) is 0 Å². The van der Waals surface area contributed by atoms with E-state index in [1.165, 1.54) is 27.8 Å². The fourth-order valence-electron chi connectivity index (χ4n) is 2.08. The number of fused-ring (bicyclic) bond motifs is 1. The Balaban J connectivity index is 2.10. The van der Waals surface area contributed by atoms with Crippen LogP contribution in [0.25, 0.3) is 10.8 Å². The van der Waals surface area contributed by atoms with Crippen molar-refractivity contribution in [3.63, 3.8) is 0 Å². The predicted octanol–water partition coefficient (Wildman–Crippen LogP) is 5.26. The molecule has 0 saturated carbocycles. The first kappa shape index (κ1) is 14.7. The maximum Gasteiger partial charge on any atom is 0.123 e. The minimum atomic E-state index is 0.797. The van der Waals surface area contributed by atoms with Gasteiger partial charge in [0.25, 0.3) is 0 Å². The zero-order valence-corrected chi connectivity index (χ0v) is 13.6. The molecule has 0 heterocycles. The van der Waals surface area contributed by atoms with Crippen molar-refractivity contribution >= 4 is 38.5 Å². The Morgan fingerprint density at radius 3 is 2.79 bits per heavy atom. The van der Waals surface area contributed by atoms with Crippen LogP contribution in [0.5, 0.6) is 5.75 Å². The highest BCUT2D eigenvalue weighted by atomic mass is 79.9. The molecule has 0 radical (unpaired) electrons. The summed E-state index contributed by atoms with van der Waals surface area (Å²) >= 11 is 5.55. The molecule has 2 aromatic carbocycles. The molecule has 2 rings (SSSR count). The van der Waals surface area contributed by atoms with Crippen molar-refractivity contribution in [3.05, 3.63) is 42.0 Å². The second-order valence-corrected chi connectivity index (χ2v) is 6.25. The molecule has 0 bridgehead atoms. The average molecular weight is 339 g/mol. The largest absolute Gasteiger partial charge is 0.493 e. The van der Waals surface area contributed by atoms with Crippen molar-refractivity contribution in [3.8, 4) is 5.75 Å². The van der Waals surface area contributed by atoms with E-state index in [2.05, 4.69) is 59.3 Å². The monoisotopic (exact) mass is 338 g/mol. The lowest BCUT2D eigenvalue weighted by Crippen LogP contribution is -2.01. The van der Waals surface area contributed by atoms with Gasteiger partial charge in [0, 0.05) is 10.9 Å². The molecule has 0 fully saturated rings. The van der Waals surface area contributed by atoms with E-state index in [1.807, 2.05) is 11.8 Å². The minimum Gasteiger partial charge on any atom is -0.493 e. The van der Waals surface area contributed by atoms with Crippen LogP contribution in [0.15, 0.2) is 36.4 Å². The van der Waals surface area contributed by atoms with Crippen LogP contribution in [0.4, 0.5) is 0 Å². The number of halogens is 1. The molecule has 0 unspecified atom stereocenters. The maximum atomic E-state index is 5.94. The molecule has 0 N–H and O–H groups in total. The number of ether oxygens (including phenoxy) is 1. The van der Waals surface area contributed by atoms with Gasteiger partial charge in [-0.2, -0.15) is 11.8 Å². The van der Waals surface area contributed by atoms with Gasteiger partial charge < -0.3 is 4.74 Å². The number of hydrogen-bond acceptors (Lipinski definition) is 2. The normalized spacial score (nSPS) is 10.8. The van der Waals surface area contributed by atoms with E-state index in [0.717, 1.165) is 24.1 Å². The van der Waals surface area contributed by atoms with Crippen LogP contribution in [0.2, 0.25) is 0 Å².